The van der Waals surface area contributed by atoms with Gasteiger partial charge in [-0.3, -0.25) is 4.79 Å². The summed E-state index contributed by atoms with van der Waals surface area (Å²) < 4.78 is 5.55. The number of hydrogen-bond donors (Lipinski definition) is 1. The number of hydrogen-bond acceptors (Lipinski definition) is 3. The third kappa shape index (κ3) is 3.09. The number of nitrogens with two attached hydrogens (primary N) is 1. The highest BCUT2D eigenvalue weighted by Gasteiger charge is 2.31. The molecule has 1 saturated carbocycles. The van der Waals surface area contributed by atoms with Gasteiger partial charge in [-0.25, -0.2) is 0 Å². The van der Waals surface area contributed by atoms with E-state index in [9.17, 15) is 4.79 Å². The Balaban J connectivity index is 1.96. The number of primary amides is 1. The van der Waals surface area contributed by atoms with Gasteiger partial charge in [0.1, 0.15) is 0 Å². The Morgan fingerprint density at radius 2 is 2.28 bits per heavy atom. The number of ether oxygens (including phenoxy) is 1. The third-order valence-electron chi connectivity index (χ3n) is 4.17. The zero-order chi connectivity index (χ0) is 13.1. The molecule has 4 atom stereocenters. The molecule has 0 aromatic rings. The lowest BCUT2D eigenvalue weighted by Crippen LogP contribution is -2.23. The summed E-state index contributed by atoms with van der Waals surface area (Å²) in [5, 5.41) is -0.0308. The van der Waals surface area contributed by atoms with Crippen LogP contribution >= 0.6 is 11.8 Å². The summed E-state index contributed by atoms with van der Waals surface area (Å²) in [5.41, 5.74) is 5.38. The van der Waals surface area contributed by atoms with Gasteiger partial charge in [-0.15, -0.1) is 11.8 Å². The molecular formula is C14H23NO2S. The fraction of sp³-hybridized carbons (Fsp3) is 0.786. The fourth-order valence-electron chi connectivity index (χ4n) is 3.10. The molecule has 2 aliphatic rings. The van der Waals surface area contributed by atoms with Crippen LogP contribution in [0.15, 0.2) is 11.0 Å². The van der Waals surface area contributed by atoms with Gasteiger partial charge in [0.15, 0.2) is 0 Å². The van der Waals surface area contributed by atoms with Crippen molar-refractivity contribution >= 4 is 17.7 Å². The van der Waals surface area contributed by atoms with Crippen LogP contribution < -0.4 is 5.73 Å². The molecule has 1 heterocycles. The lowest BCUT2D eigenvalue weighted by atomic mass is 9.92. The van der Waals surface area contributed by atoms with Crippen molar-refractivity contribution in [1.29, 1.82) is 0 Å². The largest absolute Gasteiger partial charge is 0.381 e. The molecule has 2 rings (SSSR count). The molecule has 0 bridgehead atoms. The molecule has 18 heavy (non-hydrogen) atoms. The first-order valence-corrected chi connectivity index (χ1v) is 7.68. The van der Waals surface area contributed by atoms with Crippen LogP contribution in [0, 0.1) is 11.8 Å². The van der Waals surface area contributed by atoms with Gasteiger partial charge in [0, 0.05) is 7.11 Å². The molecule has 0 aromatic carbocycles. The number of thioether (sulfide) groups is 1. The average molecular weight is 269 g/mol. The van der Waals surface area contributed by atoms with Gasteiger partial charge in [-0.1, -0.05) is 19.4 Å². The zero-order valence-electron chi connectivity index (χ0n) is 11.2. The van der Waals surface area contributed by atoms with Crippen LogP contribution in [-0.2, 0) is 9.53 Å². The monoisotopic (exact) mass is 269 g/mol. The van der Waals surface area contributed by atoms with E-state index in [0.29, 0.717) is 17.9 Å². The maximum atomic E-state index is 11.2. The zero-order valence-corrected chi connectivity index (χ0v) is 12.0. The fourth-order valence-corrected chi connectivity index (χ4v) is 4.33. The van der Waals surface area contributed by atoms with E-state index in [-0.39, 0.29) is 11.2 Å². The van der Waals surface area contributed by atoms with Crippen LogP contribution in [0.5, 0.6) is 0 Å². The second kappa shape index (κ2) is 6.11. The topological polar surface area (TPSA) is 52.3 Å². The van der Waals surface area contributed by atoms with Gasteiger partial charge in [0.25, 0.3) is 0 Å². The Morgan fingerprint density at radius 3 is 2.89 bits per heavy atom. The number of carbonyl (C=O) groups excluding carboxylic acids is 1. The maximum Gasteiger partial charge on any atom is 0.231 e. The van der Waals surface area contributed by atoms with Crippen molar-refractivity contribution in [2.45, 2.75) is 50.4 Å². The summed E-state index contributed by atoms with van der Waals surface area (Å²) in [6.45, 7) is 2.28. The van der Waals surface area contributed by atoms with Gasteiger partial charge < -0.3 is 10.5 Å². The van der Waals surface area contributed by atoms with E-state index in [1.807, 2.05) is 7.11 Å². The molecule has 102 valence electrons. The van der Waals surface area contributed by atoms with Crippen molar-refractivity contribution in [3.8, 4) is 0 Å². The van der Waals surface area contributed by atoms with Crippen molar-refractivity contribution in [1.82, 2.24) is 0 Å². The van der Waals surface area contributed by atoms with Crippen LogP contribution in [0.25, 0.3) is 0 Å². The Kier molecular flexibility index (Phi) is 4.73. The Hall–Kier alpha value is -0.480. The lowest BCUT2D eigenvalue weighted by molar-refractivity contribution is -0.117. The maximum absolute atomic E-state index is 11.2. The Bertz CT molecular complexity index is 343. The predicted octanol–water partition coefficient (Wildman–Crippen LogP) is 2.70. The normalized spacial score (nSPS) is 37.1. The number of methoxy groups -OCH3 is 1. The molecule has 4 heteroatoms. The van der Waals surface area contributed by atoms with Crippen molar-refractivity contribution in [3.05, 3.63) is 11.0 Å². The van der Waals surface area contributed by atoms with Gasteiger partial charge in [-0.2, -0.15) is 0 Å². The number of amides is 1. The minimum Gasteiger partial charge on any atom is -0.381 e. The van der Waals surface area contributed by atoms with E-state index in [4.69, 9.17) is 10.5 Å². The van der Waals surface area contributed by atoms with Crippen molar-refractivity contribution in [2.24, 2.45) is 17.6 Å². The van der Waals surface area contributed by atoms with E-state index >= 15 is 0 Å². The van der Waals surface area contributed by atoms with Crippen LogP contribution in [0.1, 0.15) is 39.0 Å². The molecule has 0 radical (unpaired) electrons. The smallest absolute Gasteiger partial charge is 0.231 e. The number of allylic oxidation sites excluding steroid dienone is 2. The highest BCUT2D eigenvalue weighted by atomic mass is 32.2. The molecule has 3 nitrogen and oxygen atoms in total. The van der Waals surface area contributed by atoms with Crippen LogP contribution in [0.4, 0.5) is 0 Å². The minimum absolute atomic E-state index is 0.0308. The minimum atomic E-state index is -0.178. The molecule has 0 spiro atoms. The highest BCUT2D eigenvalue weighted by Crippen LogP contribution is 2.43. The van der Waals surface area contributed by atoms with Crippen LogP contribution in [0.2, 0.25) is 0 Å². The lowest BCUT2D eigenvalue weighted by Gasteiger charge is -2.22. The summed E-state index contributed by atoms with van der Waals surface area (Å²) in [5.74, 6) is 1.02. The molecule has 1 aliphatic heterocycles. The van der Waals surface area contributed by atoms with Crippen molar-refractivity contribution in [2.75, 3.05) is 7.11 Å². The van der Waals surface area contributed by atoms with Gasteiger partial charge >= 0.3 is 0 Å². The first-order chi connectivity index (χ1) is 8.61. The van der Waals surface area contributed by atoms with Crippen molar-refractivity contribution < 1.29 is 9.53 Å². The number of rotatable bonds is 3. The van der Waals surface area contributed by atoms with Gasteiger partial charge in [0.2, 0.25) is 5.91 Å². The van der Waals surface area contributed by atoms with Gasteiger partial charge in [-0.05, 0) is 42.4 Å². The van der Waals surface area contributed by atoms with Gasteiger partial charge in [0.05, 0.1) is 11.4 Å². The van der Waals surface area contributed by atoms with E-state index in [1.54, 1.807) is 11.8 Å². The molecule has 1 amide bonds. The van der Waals surface area contributed by atoms with Crippen LogP contribution in [0.3, 0.4) is 0 Å². The van der Waals surface area contributed by atoms with Crippen LogP contribution in [-0.4, -0.2) is 24.4 Å². The SMILES string of the molecule is COC1CCCC(C2=CCC(C(N)=O)S2)CC1C. The van der Waals surface area contributed by atoms with E-state index < -0.39 is 0 Å². The first kappa shape index (κ1) is 13.9. The molecule has 0 aromatic heterocycles. The molecule has 0 saturated heterocycles. The Morgan fingerprint density at radius 1 is 1.50 bits per heavy atom. The predicted molar refractivity (Wildman–Crippen MR) is 75.2 cm³/mol. The van der Waals surface area contributed by atoms with Crippen molar-refractivity contribution in [3.63, 3.8) is 0 Å². The third-order valence-corrected chi connectivity index (χ3v) is 5.65. The summed E-state index contributed by atoms with van der Waals surface area (Å²) >= 11 is 1.69. The molecular weight excluding hydrogens is 246 g/mol. The molecule has 1 fully saturated rings. The first-order valence-electron chi connectivity index (χ1n) is 6.80. The second-order valence-corrected chi connectivity index (χ2v) is 6.74. The highest BCUT2D eigenvalue weighted by molar-refractivity contribution is 8.04. The second-order valence-electron chi connectivity index (χ2n) is 5.47. The van der Waals surface area contributed by atoms with E-state index in [1.165, 1.54) is 24.2 Å². The number of carbonyl (C=O) groups is 1. The molecule has 4 unspecified atom stereocenters. The Labute approximate surface area is 114 Å². The van der Waals surface area contributed by atoms with E-state index in [0.717, 1.165) is 12.8 Å². The summed E-state index contributed by atoms with van der Waals surface area (Å²) in [7, 11) is 1.81. The summed E-state index contributed by atoms with van der Waals surface area (Å²) in [4.78, 5) is 12.6. The quantitative estimate of drug-likeness (QED) is 0.801. The molecule has 1 aliphatic carbocycles. The summed E-state index contributed by atoms with van der Waals surface area (Å²) in [6, 6.07) is 0. The molecule has 2 N–H and O–H groups in total. The summed E-state index contributed by atoms with van der Waals surface area (Å²) in [6.07, 6.45) is 8.20. The van der Waals surface area contributed by atoms with E-state index in [2.05, 4.69) is 13.0 Å². The average Bonchev–Trinajstić information content (AvgIpc) is 2.75. The standard InChI is InChI=1S/C14H23NO2S/c1-9-8-10(4-3-5-11(9)17-2)12-6-7-13(18-12)14(15)16/h6,9-11,13H,3-5,7-8H2,1-2H3,(H2,15,16).